The number of carboxylic acid groups (broad SMARTS) is 1. The third kappa shape index (κ3) is 4.19. The summed E-state index contributed by atoms with van der Waals surface area (Å²) in [7, 11) is 0. The predicted octanol–water partition coefficient (Wildman–Crippen LogP) is -1.59. The summed E-state index contributed by atoms with van der Waals surface area (Å²) in [5.41, 5.74) is -0.779. The van der Waals surface area contributed by atoms with Crippen LogP contribution in [-0.2, 0) is 16.1 Å². The third-order valence-corrected chi connectivity index (χ3v) is 4.04. The number of carboxylic acids is 1. The standard InChI is InChI=1S/C14H15ClFNO3.Na/c15-10-4-1-3-9(12(10)16)8-17-11(18)7-14(13(19)20)5-2-6-14;/h1,3-4H,2,5-8H2,(H,17,18)(H,19,20);/q;+1/p-1. The Morgan fingerprint density at radius 2 is 2.05 bits per heavy atom. The molecule has 1 fully saturated rings. The van der Waals surface area contributed by atoms with Crippen molar-refractivity contribution in [1.82, 2.24) is 5.32 Å². The molecule has 4 nitrogen and oxygen atoms in total. The molecule has 21 heavy (non-hydrogen) atoms. The molecular formula is C14H14ClFNNaO3. The predicted molar refractivity (Wildman–Crippen MR) is 69.2 cm³/mol. The van der Waals surface area contributed by atoms with Gasteiger partial charge in [-0.25, -0.2) is 4.39 Å². The van der Waals surface area contributed by atoms with Gasteiger partial charge in [-0.2, -0.15) is 0 Å². The van der Waals surface area contributed by atoms with Crippen LogP contribution in [0.1, 0.15) is 31.2 Å². The SMILES string of the molecule is O=C(CC1(C(=O)[O-])CCC1)NCc1cccc(Cl)c1F.[Na+]. The van der Waals surface area contributed by atoms with E-state index in [4.69, 9.17) is 11.6 Å². The molecule has 1 saturated carbocycles. The van der Waals surface area contributed by atoms with E-state index in [0.717, 1.165) is 6.42 Å². The number of nitrogens with one attached hydrogen (secondary N) is 1. The molecule has 0 radical (unpaired) electrons. The van der Waals surface area contributed by atoms with Gasteiger partial charge in [-0.15, -0.1) is 0 Å². The van der Waals surface area contributed by atoms with Gasteiger partial charge in [0.05, 0.1) is 5.02 Å². The normalized spacial score (nSPS) is 15.5. The molecule has 1 aliphatic rings. The van der Waals surface area contributed by atoms with Crippen molar-refractivity contribution in [2.24, 2.45) is 5.41 Å². The molecule has 0 aliphatic heterocycles. The molecule has 0 saturated heterocycles. The fourth-order valence-corrected chi connectivity index (χ4v) is 2.50. The Morgan fingerprint density at radius 3 is 2.57 bits per heavy atom. The van der Waals surface area contributed by atoms with Crippen LogP contribution in [0.15, 0.2) is 18.2 Å². The molecule has 1 N–H and O–H groups in total. The number of rotatable bonds is 5. The van der Waals surface area contributed by atoms with Gasteiger partial charge in [0.2, 0.25) is 5.91 Å². The number of hydrogen-bond donors (Lipinski definition) is 1. The van der Waals surface area contributed by atoms with Gasteiger partial charge in [-0.05, 0) is 18.9 Å². The number of carbonyl (C=O) groups excluding carboxylic acids is 2. The molecule has 0 spiro atoms. The van der Waals surface area contributed by atoms with Crippen LogP contribution in [0, 0.1) is 11.2 Å². The van der Waals surface area contributed by atoms with E-state index in [2.05, 4.69) is 5.32 Å². The van der Waals surface area contributed by atoms with Crippen molar-refractivity contribution in [2.75, 3.05) is 0 Å². The molecule has 108 valence electrons. The molecule has 0 bridgehead atoms. The average molecular weight is 322 g/mol. The molecule has 0 heterocycles. The van der Waals surface area contributed by atoms with E-state index in [0.29, 0.717) is 12.8 Å². The monoisotopic (exact) mass is 321 g/mol. The first-order chi connectivity index (χ1) is 9.44. The van der Waals surface area contributed by atoms with Crippen molar-refractivity contribution in [2.45, 2.75) is 32.2 Å². The van der Waals surface area contributed by atoms with Crippen molar-refractivity contribution >= 4 is 23.5 Å². The number of aliphatic carboxylic acids is 1. The fraction of sp³-hybridized carbons (Fsp3) is 0.429. The molecule has 1 aliphatic carbocycles. The Hall–Kier alpha value is -0.620. The first-order valence-corrected chi connectivity index (χ1v) is 6.73. The maximum Gasteiger partial charge on any atom is 1.00 e. The maximum absolute atomic E-state index is 13.6. The smallest absolute Gasteiger partial charge is 0.550 e. The Labute approximate surface area is 149 Å². The quantitative estimate of drug-likeness (QED) is 0.665. The molecule has 1 aromatic rings. The van der Waals surface area contributed by atoms with Crippen molar-refractivity contribution in [3.8, 4) is 0 Å². The van der Waals surface area contributed by atoms with Gasteiger partial charge in [0.1, 0.15) is 5.82 Å². The minimum atomic E-state index is -1.19. The average Bonchev–Trinajstić information content (AvgIpc) is 2.35. The summed E-state index contributed by atoms with van der Waals surface area (Å²) >= 11 is 5.64. The first-order valence-electron chi connectivity index (χ1n) is 6.36. The van der Waals surface area contributed by atoms with Crippen molar-refractivity contribution in [3.63, 3.8) is 0 Å². The van der Waals surface area contributed by atoms with Crippen LogP contribution in [0.25, 0.3) is 0 Å². The van der Waals surface area contributed by atoms with Gasteiger partial charge in [0, 0.05) is 29.9 Å². The Morgan fingerprint density at radius 1 is 1.38 bits per heavy atom. The van der Waals surface area contributed by atoms with Crippen LogP contribution in [0.3, 0.4) is 0 Å². The van der Waals surface area contributed by atoms with Crippen LogP contribution in [-0.4, -0.2) is 11.9 Å². The van der Waals surface area contributed by atoms with Gasteiger partial charge in [0.15, 0.2) is 0 Å². The van der Waals surface area contributed by atoms with E-state index in [1.165, 1.54) is 12.1 Å². The van der Waals surface area contributed by atoms with Gasteiger partial charge in [-0.1, -0.05) is 30.2 Å². The van der Waals surface area contributed by atoms with Crippen molar-refractivity contribution in [3.05, 3.63) is 34.6 Å². The minimum absolute atomic E-state index is 0. The van der Waals surface area contributed by atoms with Crippen molar-refractivity contribution in [1.29, 1.82) is 0 Å². The number of carbonyl (C=O) groups is 2. The third-order valence-electron chi connectivity index (χ3n) is 3.75. The molecule has 7 heteroatoms. The maximum atomic E-state index is 13.6. The Kier molecular flexibility index (Phi) is 6.66. The zero-order chi connectivity index (χ0) is 14.8. The number of benzene rings is 1. The summed E-state index contributed by atoms with van der Waals surface area (Å²) < 4.78 is 13.6. The number of hydrogen-bond acceptors (Lipinski definition) is 3. The minimum Gasteiger partial charge on any atom is -0.550 e. The largest absolute Gasteiger partial charge is 1.00 e. The zero-order valence-electron chi connectivity index (χ0n) is 11.7. The molecule has 0 atom stereocenters. The molecule has 2 rings (SSSR count). The summed E-state index contributed by atoms with van der Waals surface area (Å²) in [6.45, 7) is -0.0195. The second kappa shape index (κ2) is 7.58. The fourth-order valence-electron chi connectivity index (χ4n) is 2.31. The van der Waals surface area contributed by atoms with Gasteiger partial charge < -0.3 is 15.2 Å². The Bertz CT molecular complexity index is 549. The Balaban J connectivity index is 0.00000220. The van der Waals surface area contributed by atoms with Crippen LogP contribution < -0.4 is 40.0 Å². The number of halogens is 2. The van der Waals surface area contributed by atoms with Crippen molar-refractivity contribution < 1.29 is 48.6 Å². The molecule has 1 aromatic carbocycles. The zero-order valence-corrected chi connectivity index (χ0v) is 14.5. The molecular weight excluding hydrogens is 308 g/mol. The van der Waals surface area contributed by atoms with E-state index in [-0.39, 0.29) is 53.1 Å². The molecule has 1 amide bonds. The van der Waals surface area contributed by atoms with Gasteiger partial charge >= 0.3 is 29.6 Å². The summed E-state index contributed by atoms with van der Waals surface area (Å²) in [5, 5.41) is 13.5. The van der Waals surface area contributed by atoms with E-state index in [9.17, 15) is 19.1 Å². The second-order valence-electron chi connectivity index (χ2n) is 5.09. The second-order valence-corrected chi connectivity index (χ2v) is 5.49. The topological polar surface area (TPSA) is 69.2 Å². The van der Waals surface area contributed by atoms with Gasteiger partial charge in [-0.3, -0.25) is 4.79 Å². The van der Waals surface area contributed by atoms with E-state index in [1.54, 1.807) is 6.07 Å². The van der Waals surface area contributed by atoms with E-state index in [1.807, 2.05) is 0 Å². The molecule has 0 unspecified atom stereocenters. The van der Waals surface area contributed by atoms with Crippen LogP contribution >= 0.6 is 11.6 Å². The van der Waals surface area contributed by atoms with Crippen LogP contribution in [0.2, 0.25) is 5.02 Å². The first kappa shape index (κ1) is 18.4. The van der Waals surface area contributed by atoms with Crippen LogP contribution in [0.5, 0.6) is 0 Å². The summed E-state index contributed by atoms with van der Waals surface area (Å²) in [5.74, 6) is -2.19. The van der Waals surface area contributed by atoms with Gasteiger partial charge in [0.25, 0.3) is 0 Å². The van der Waals surface area contributed by atoms with E-state index < -0.39 is 23.1 Å². The van der Waals surface area contributed by atoms with Crippen LogP contribution in [0.4, 0.5) is 4.39 Å². The summed E-state index contributed by atoms with van der Waals surface area (Å²) in [6.07, 6.45) is 1.56. The number of amides is 1. The van der Waals surface area contributed by atoms with E-state index >= 15 is 0 Å². The summed E-state index contributed by atoms with van der Waals surface area (Å²) in [6, 6.07) is 4.52. The summed E-state index contributed by atoms with van der Waals surface area (Å²) in [4.78, 5) is 22.8. The molecule has 0 aromatic heterocycles.